The molecule has 0 aromatic heterocycles. The fraction of sp³-hybridized carbons (Fsp3) is 0.462. The molecule has 0 amide bonds. The van der Waals surface area contributed by atoms with Crippen molar-refractivity contribution in [3.8, 4) is 11.8 Å². The van der Waals surface area contributed by atoms with E-state index in [0.29, 0.717) is 6.04 Å². The van der Waals surface area contributed by atoms with Crippen molar-refractivity contribution in [2.24, 2.45) is 0 Å². The third-order valence-corrected chi connectivity index (χ3v) is 5.66. The van der Waals surface area contributed by atoms with Crippen molar-refractivity contribution in [2.45, 2.75) is 51.9 Å². The second-order valence-corrected chi connectivity index (χ2v) is 8.80. The molecule has 0 spiro atoms. The summed E-state index contributed by atoms with van der Waals surface area (Å²) in [6.45, 7) is 10.6. The molecule has 1 saturated heterocycles. The number of nitrogens with zero attached hydrogens (tertiary/aromatic N) is 2. The quantitative estimate of drug-likeness (QED) is 0.724. The molecule has 4 nitrogen and oxygen atoms in total. The predicted octanol–water partition coefficient (Wildman–Crippen LogP) is 3.19. The Morgan fingerprint density at radius 3 is 2.43 bits per heavy atom. The molecule has 30 heavy (non-hydrogen) atoms. The third kappa shape index (κ3) is 6.68. The Labute approximate surface area is 181 Å². The third-order valence-electron chi connectivity index (χ3n) is 5.66. The average Bonchev–Trinajstić information content (AvgIpc) is 2.70. The van der Waals surface area contributed by atoms with Crippen LogP contribution in [0.4, 0.5) is 0 Å². The average molecular weight is 407 g/mol. The van der Waals surface area contributed by atoms with E-state index in [9.17, 15) is 10.2 Å². The lowest BCUT2D eigenvalue weighted by molar-refractivity contribution is 0.0498. The van der Waals surface area contributed by atoms with Crippen molar-refractivity contribution in [1.29, 1.82) is 0 Å². The van der Waals surface area contributed by atoms with E-state index >= 15 is 0 Å². The summed E-state index contributed by atoms with van der Waals surface area (Å²) in [5, 5.41) is 19.3. The Morgan fingerprint density at radius 2 is 1.77 bits per heavy atom. The first-order valence-corrected chi connectivity index (χ1v) is 10.8. The maximum atomic E-state index is 9.75. The summed E-state index contributed by atoms with van der Waals surface area (Å²) in [4.78, 5) is 5.00. The first-order chi connectivity index (χ1) is 14.3. The summed E-state index contributed by atoms with van der Waals surface area (Å²) in [5.41, 5.74) is 3.91. The van der Waals surface area contributed by atoms with Gasteiger partial charge in [0.2, 0.25) is 0 Å². The summed E-state index contributed by atoms with van der Waals surface area (Å²) in [5.74, 6) is 5.88. The lowest BCUT2D eigenvalue weighted by atomic mass is 10.0. The highest BCUT2D eigenvalue weighted by Gasteiger charge is 2.26. The summed E-state index contributed by atoms with van der Waals surface area (Å²) >= 11 is 0. The van der Waals surface area contributed by atoms with E-state index in [4.69, 9.17) is 0 Å². The molecule has 0 saturated carbocycles. The highest BCUT2D eigenvalue weighted by molar-refractivity contribution is 5.37. The fourth-order valence-electron chi connectivity index (χ4n) is 3.91. The lowest BCUT2D eigenvalue weighted by Gasteiger charge is -2.41. The fourth-order valence-corrected chi connectivity index (χ4v) is 3.91. The minimum atomic E-state index is -0.974. The van der Waals surface area contributed by atoms with Gasteiger partial charge in [0.25, 0.3) is 0 Å². The number of hydrogen-bond acceptors (Lipinski definition) is 4. The molecule has 4 heteroatoms. The Bertz CT molecular complexity index is 874. The zero-order valence-electron chi connectivity index (χ0n) is 18.4. The molecule has 2 aromatic carbocycles. The van der Waals surface area contributed by atoms with Crippen LogP contribution in [0, 0.1) is 18.8 Å². The van der Waals surface area contributed by atoms with E-state index in [2.05, 4.69) is 65.0 Å². The van der Waals surface area contributed by atoms with Gasteiger partial charge in [-0.3, -0.25) is 9.80 Å². The van der Waals surface area contributed by atoms with Gasteiger partial charge in [-0.1, -0.05) is 48.2 Å². The van der Waals surface area contributed by atoms with Crippen LogP contribution in [0.5, 0.6) is 0 Å². The first kappa shape index (κ1) is 22.5. The number of hydrogen-bond donors (Lipinski definition) is 2. The molecule has 160 valence electrons. The van der Waals surface area contributed by atoms with Crippen molar-refractivity contribution in [2.75, 3.05) is 26.2 Å². The number of benzene rings is 2. The molecule has 1 atom stereocenters. The normalized spacial score (nSPS) is 18.1. The van der Waals surface area contributed by atoms with E-state index in [-0.39, 0.29) is 6.61 Å². The molecule has 3 rings (SSSR count). The Morgan fingerprint density at radius 1 is 1.03 bits per heavy atom. The van der Waals surface area contributed by atoms with Gasteiger partial charge in [0.05, 0.1) is 0 Å². The molecule has 0 radical (unpaired) electrons. The highest BCUT2D eigenvalue weighted by atomic mass is 16.3. The molecule has 1 aliphatic heterocycles. The van der Waals surface area contributed by atoms with Gasteiger partial charge in [-0.15, -0.1) is 0 Å². The van der Waals surface area contributed by atoms with E-state index in [1.807, 2.05) is 12.1 Å². The van der Waals surface area contributed by atoms with E-state index in [1.54, 1.807) is 13.8 Å². The zero-order chi connectivity index (χ0) is 21.6. The van der Waals surface area contributed by atoms with Gasteiger partial charge in [-0.25, -0.2) is 0 Å². The number of rotatable bonds is 6. The second kappa shape index (κ2) is 10.2. The molecule has 2 aromatic rings. The van der Waals surface area contributed by atoms with Gasteiger partial charge in [0, 0.05) is 50.9 Å². The standard InChI is InChI=1S/C26H34N2O2/c1-21-6-4-5-7-24(21)19-28-16-15-27(20-25(28)13-17-29)18-23-10-8-22(9-11-23)12-14-26(2,3)30/h4-11,25,29-30H,13,15-20H2,1-3H3/t25-/m0/s1. The summed E-state index contributed by atoms with van der Waals surface area (Å²) < 4.78 is 0. The van der Waals surface area contributed by atoms with Crippen LogP contribution in [-0.2, 0) is 13.1 Å². The van der Waals surface area contributed by atoms with Crippen molar-refractivity contribution in [3.05, 3.63) is 70.8 Å². The Kier molecular flexibility index (Phi) is 7.69. The minimum Gasteiger partial charge on any atom is -0.396 e. The van der Waals surface area contributed by atoms with Crippen LogP contribution in [0.3, 0.4) is 0 Å². The van der Waals surface area contributed by atoms with Gasteiger partial charge >= 0.3 is 0 Å². The highest BCUT2D eigenvalue weighted by Crippen LogP contribution is 2.20. The molecule has 1 fully saturated rings. The van der Waals surface area contributed by atoms with Gasteiger partial charge in [0.1, 0.15) is 5.60 Å². The molecule has 1 heterocycles. The number of aryl methyl sites for hydroxylation is 1. The van der Waals surface area contributed by atoms with Gasteiger partial charge in [-0.2, -0.15) is 0 Å². The smallest absolute Gasteiger partial charge is 0.120 e. The maximum absolute atomic E-state index is 9.75. The SMILES string of the molecule is Cc1ccccc1CN1CCN(Cc2ccc(C#CC(C)(C)O)cc2)C[C@@H]1CCO. The van der Waals surface area contributed by atoms with Gasteiger partial charge in [0.15, 0.2) is 0 Å². The van der Waals surface area contributed by atoms with Crippen LogP contribution in [-0.4, -0.2) is 57.9 Å². The van der Waals surface area contributed by atoms with E-state index < -0.39 is 5.60 Å². The largest absolute Gasteiger partial charge is 0.396 e. The predicted molar refractivity (Wildman–Crippen MR) is 122 cm³/mol. The van der Waals surface area contributed by atoms with Crippen LogP contribution in [0.2, 0.25) is 0 Å². The molecular formula is C26H34N2O2. The van der Waals surface area contributed by atoms with Gasteiger partial charge in [-0.05, 0) is 56.0 Å². The van der Waals surface area contributed by atoms with Crippen LogP contribution >= 0.6 is 0 Å². The molecular weight excluding hydrogens is 372 g/mol. The molecule has 0 aliphatic carbocycles. The van der Waals surface area contributed by atoms with Crippen LogP contribution in [0.25, 0.3) is 0 Å². The monoisotopic (exact) mass is 406 g/mol. The topological polar surface area (TPSA) is 46.9 Å². The molecule has 1 aliphatic rings. The number of piperazine rings is 1. The summed E-state index contributed by atoms with van der Waals surface area (Å²) in [7, 11) is 0. The molecule has 0 bridgehead atoms. The van der Waals surface area contributed by atoms with Crippen molar-refractivity contribution >= 4 is 0 Å². The Balaban J connectivity index is 1.60. The number of aliphatic hydroxyl groups is 2. The Hall–Kier alpha value is -2.16. The summed E-state index contributed by atoms with van der Waals surface area (Å²) in [6, 6.07) is 17.2. The maximum Gasteiger partial charge on any atom is 0.120 e. The molecule has 2 N–H and O–H groups in total. The van der Waals surface area contributed by atoms with Crippen molar-refractivity contribution in [3.63, 3.8) is 0 Å². The van der Waals surface area contributed by atoms with E-state index in [0.717, 1.165) is 44.7 Å². The van der Waals surface area contributed by atoms with Crippen molar-refractivity contribution in [1.82, 2.24) is 9.80 Å². The van der Waals surface area contributed by atoms with Gasteiger partial charge < -0.3 is 10.2 Å². The van der Waals surface area contributed by atoms with Crippen LogP contribution in [0.15, 0.2) is 48.5 Å². The second-order valence-electron chi connectivity index (χ2n) is 8.80. The van der Waals surface area contributed by atoms with Crippen LogP contribution in [0.1, 0.15) is 42.5 Å². The zero-order valence-corrected chi connectivity index (χ0v) is 18.4. The summed E-state index contributed by atoms with van der Waals surface area (Å²) in [6.07, 6.45) is 0.799. The van der Waals surface area contributed by atoms with Crippen molar-refractivity contribution < 1.29 is 10.2 Å². The van der Waals surface area contributed by atoms with E-state index in [1.165, 1.54) is 16.7 Å². The number of aliphatic hydroxyl groups excluding tert-OH is 1. The van der Waals surface area contributed by atoms with Crippen LogP contribution < -0.4 is 0 Å². The molecule has 0 unspecified atom stereocenters. The first-order valence-electron chi connectivity index (χ1n) is 10.8. The minimum absolute atomic E-state index is 0.220. The lowest BCUT2D eigenvalue weighted by Crippen LogP contribution is -2.52.